The van der Waals surface area contributed by atoms with Gasteiger partial charge >= 0.3 is 237 Å². The number of benzene rings is 1. The Morgan fingerprint density at radius 1 is 0.512 bits per heavy atom. The molecule has 0 saturated carbocycles. The standard InChI is InChI=1S/C34H52S2.5CH3.2Sn.H/c1-3-5-7-9-11-13-15-17-19-21-23-29-31-25-27-36-34(31)30(32-26-28-35-33(29)32)24-22-20-18-16-14-12-10-8-6-4-2;;;;;;;;/h25-26H,3-24H2,1-2H3;5*1H3;;;. The van der Waals surface area contributed by atoms with Crippen molar-refractivity contribution in [2.45, 2.75) is 180 Å². The number of fused-ring (bicyclic) bond motifs is 2. The van der Waals surface area contributed by atoms with Crippen LogP contribution in [0, 0.1) is 0 Å². The third-order valence-electron chi connectivity index (χ3n) is 9.55. The van der Waals surface area contributed by atoms with Crippen LogP contribution in [-0.4, -0.2) is 38.1 Å². The zero-order valence-electron chi connectivity index (χ0n) is 29.6. The van der Waals surface area contributed by atoms with Gasteiger partial charge in [0.15, 0.2) is 0 Å². The molecule has 0 atom stereocenters. The molecule has 3 rings (SSSR count). The molecule has 0 saturated heterocycles. The molecule has 0 aliphatic carbocycles. The Bertz CT molecular complexity index is 1100. The summed E-state index contributed by atoms with van der Waals surface area (Å²) in [6.07, 6.45) is 31.1. The Kier molecular flexibility index (Phi) is 18.5. The molecular formula is C39H68S2Sn2. The SMILES string of the molecule is CCCCCCCCCCCCc1c2c[c]([Sn]([CH3])([CH3])[CH3])sc2c(CCCCCCCCCCCC)c2c[c]([SnH]([CH3])[CH3])sc12. The molecule has 0 N–H and O–H groups in total. The van der Waals surface area contributed by atoms with Gasteiger partial charge in [-0.25, -0.2) is 0 Å². The van der Waals surface area contributed by atoms with Crippen LogP contribution in [-0.2, 0) is 12.8 Å². The average molecular weight is 839 g/mol. The van der Waals surface area contributed by atoms with Crippen molar-refractivity contribution in [3.63, 3.8) is 0 Å². The van der Waals surface area contributed by atoms with Crippen LogP contribution in [0.15, 0.2) is 12.1 Å². The van der Waals surface area contributed by atoms with Crippen molar-refractivity contribution in [1.82, 2.24) is 0 Å². The Balaban J connectivity index is 1.71. The molecule has 2 heterocycles. The molecule has 0 spiro atoms. The normalized spacial score (nSPS) is 12.5. The number of aryl methyl sites for hydroxylation is 2. The minimum atomic E-state index is -2.15. The quantitative estimate of drug-likeness (QED) is 0.0623. The molecular weight excluding hydrogens is 770 g/mol. The number of rotatable bonds is 24. The molecule has 1 aromatic carbocycles. The molecule has 0 radical (unpaired) electrons. The molecule has 3 aromatic rings. The second-order valence-corrected chi connectivity index (χ2v) is 42.1. The maximum absolute atomic E-state index is 2.72. The van der Waals surface area contributed by atoms with Crippen molar-refractivity contribution in [2.75, 3.05) is 0 Å². The van der Waals surface area contributed by atoms with Crippen molar-refractivity contribution in [3.05, 3.63) is 23.3 Å². The van der Waals surface area contributed by atoms with E-state index in [0.29, 0.717) is 0 Å². The van der Waals surface area contributed by atoms with Gasteiger partial charge in [0.2, 0.25) is 0 Å². The minimum absolute atomic E-state index is 1.30. The van der Waals surface area contributed by atoms with E-state index >= 15 is 0 Å². The zero-order valence-corrected chi connectivity index (χ0v) is 37.4. The van der Waals surface area contributed by atoms with E-state index in [-0.39, 0.29) is 0 Å². The van der Waals surface area contributed by atoms with Crippen molar-refractivity contribution in [3.8, 4) is 0 Å². The molecule has 43 heavy (non-hydrogen) atoms. The van der Waals surface area contributed by atoms with Crippen LogP contribution in [0.2, 0.25) is 24.7 Å². The van der Waals surface area contributed by atoms with Gasteiger partial charge in [0.05, 0.1) is 0 Å². The van der Waals surface area contributed by atoms with E-state index in [1.807, 2.05) is 0 Å². The van der Waals surface area contributed by atoms with E-state index in [1.54, 1.807) is 37.1 Å². The van der Waals surface area contributed by atoms with Crippen molar-refractivity contribution >= 4 is 86.8 Å². The first kappa shape index (κ1) is 38.2. The number of unbranched alkanes of at least 4 members (excludes halogenated alkanes) is 18. The summed E-state index contributed by atoms with van der Waals surface area (Å²) in [6, 6.07) is 5.44. The van der Waals surface area contributed by atoms with Crippen LogP contribution < -0.4 is 5.79 Å². The van der Waals surface area contributed by atoms with Gasteiger partial charge in [-0.2, -0.15) is 0 Å². The summed E-state index contributed by atoms with van der Waals surface area (Å²) in [6.45, 7) is 4.64. The van der Waals surface area contributed by atoms with Gasteiger partial charge in [0, 0.05) is 0 Å². The first-order valence-corrected chi connectivity index (χ1v) is 38.6. The average Bonchev–Trinajstić information content (AvgIpc) is 3.62. The fraction of sp³-hybridized carbons (Fsp3) is 0.744. The van der Waals surface area contributed by atoms with Crippen LogP contribution >= 0.6 is 22.7 Å². The predicted molar refractivity (Wildman–Crippen MR) is 210 cm³/mol. The first-order valence-electron chi connectivity index (χ1n) is 18.8. The molecule has 244 valence electrons. The summed E-state index contributed by atoms with van der Waals surface area (Å²) < 4.78 is 7.01. The third kappa shape index (κ3) is 12.7. The van der Waals surface area contributed by atoms with Gasteiger partial charge in [0.25, 0.3) is 0 Å². The molecule has 0 fully saturated rings. The number of thiophene rings is 2. The summed E-state index contributed by atoms with van der Waals surface area (Å²) in [5.74, 6) is 0. The molecule has 0 unspecified atom stereocenters. The molecule has 4 heteroatoms. The fourth-order valence-electron chi connectivity index (χ4n) is 6.67. The number of hydrogen-bond acceptors (Lipinski definition) is 2. The summed E-state index contributed by atoms with van der Waals surface area (Å²) >= 11 is 0.768. The molecule has 0 aliphatic rings. The Hall–Kier alpha value is 0.737. The molecule has 0 bridgehead atoms. The van der Waals surface area contributed by atoms with Crippen LogP contribution in [0.25, 0.3) is 20.2 Å². The van der Waals surface area contributed by atoms with E-state index in [0.717, 1.165) is 0 Å². The Morgan fingerprint density at radius 3 is 1.28 bits per heavy atom. The van der Waals surface area contributed by atoms with Crippen LogP contribution in [0.1, 0.15) is 153 Å². The van der Waals surface area contributed by atoms with E-state index in [9.17, 15) is 0 Å². The van der Waals surface area contributed by atoms with Crippen LogP contribution in [0.5, 0.6) is 0 Å². The third-order valence-corrected chi connectivity index (χ3v) is 29.1. The predicted octanol–water partition coefficient (Wildman–Crippen LogP) is 13.3. The maximum atomic E-state index is 2.72. The molecule has 0 amide bonds. The van der Waals surface area contributed by atoms with E-state index in [4.69, 9.17) is 0 Å². The topological polar surface area (TPSA) is 0 Å². The summed E-state index contributed by atoms with van der Waals surface area (Å²) in [5.41, 5.74) is 3.50. The van der Waals surface area contributed by atoms with Crippen molar-refractivity contribution in [1.29, 1.82) is 0 Å². The second kappa shape index (κ2) is 20.9. The van der Waals surface area contributed by atoms with Crippen molar-refractivity contribution < 1.29 is 0 Å². The van der Waals surface area contributed by atoms with Crippen molar-refractivity contribution in [2.24, 2.45) is 0 Å². The molecule has 0 aliphatic heterocycles. The monoisotopic (exact) mass is 840 g/mol. The molecule has 0 nitrogen and oxygen atoms in total. The van der Waals surface area contributed by atoms with Crippen LogP contribution in [0.4, 0.5) is 0 Å². The van der Waals surface area contributed by atoms with Gasteiger partial charge in [-0.05, 0) is 0 Å². The van der Waals surface area contributed by atoms with E-state index < -0.39 is 38.1 Å². The Morgan fingerprint density at radius 2 is 0.884 bits per heavy atom. The zero-order chi connectivity index (χ0) is 31.1. The summed E-state index contributed by atoms with van der Waals surface area (Å²) in [5, 5.41) is 3.37. The van der Waals surface area contributed by atoms with Gasteiger partial charge < -0.3 is 0 Å². The van der Waals surface area contributed by atoms with Crippen LogP contribution in [0.3, 0.4) is 0 Å². The molecule has 2 aromatic heterocycles. The van der Waals surface area contributed by atoms with Gasteiger partial charge in [0.1, 0.15) is 0 Å². The Labute approximate surface area is 287 Å². The van der Waals surface area contributed by atoms with E-state index in [1.165, 1.54) is 141 Å². The second-order valence-electron chi connectivity index (χ2n) is 15.0. The van der Waals surface area contributed by atoms with E-state index in [2.05, 4.69) is 73.4 Å². The van der Waals surface area contributed by atoms with Gasteiger partial charge in [-0.1, -0.05) is 52.4 Å². The van der Waals surface area contributed by atoms with Gasteiger partial charge in [-0.15, -0.1) is 0 Å². The first-order chi connectivity index (χ1) is 20.8. The fourth-order valence-corrected chi connectivity index (χ4v) is 18.9. The number of hydrogen-bond donors (Lipinski definition) is 0. The van der Waals surface area contributed by atoms with Gasteiger partial charge in [-0.3, -0.25) is 0 Å². The summed E-state index contributed by atoms with van der Waals surface area (Å²) in [4.78, 5) is 13.1. The summed E-state index contributed by atoms with van der Waals surface area (Å²) in [7, 11) is 0.